The van der Waals surface area contributed by atoms with Crippen LogP contribution >= 0.6 is 0 Å². The minimum atomic E-state index is -0.774. The van der Waals surface area contributed by atoms with Crippen LogP contribution in [0.15, 0.2) is 41.5 Å². The number of ether oxygens (including phenoxy) is 3. The average molecular weight is 410 g/mol. The number of hydrogen-bond acceptors (Lipinski definition) is 8. The second kappa shape index (κ2) is 6.09. The van der Waals surface area contributed by atoms with Crippen LogP contribution in [0.1, 0.15) is 29.9 Å². The molecule has 4 N–H and O–H groups in total. The van der Waals surface area contributed by atoms with Crippen molar-refractivity contribution in [1.29, 1.82) is 0 Å². The van der Waals surface area contributed by atoms with Crippen LogP contribution in [0.2, 0.25) is 0 Å². The molecule has 1 atom stereocenters. The van der Waals surface area contributed by atoms with Crippen molar-refractivity contribution in [2.24, 2.45) is 16.1 Å². The van der Waals surface area contributed by atoms with Crippen LogP contribution in [0.5, 0.6) is 11.5 Å². The first kappa shape index (κ1) is 18.7. The Morgan fingerprint density at radius 3 is 2.60 bits per heavy atom. The number of fused-ring (bicyclic) bond motifs is 3. The summed E-state index contributed by atoms with van der Waals surface area (Å²) >= 11 is 0. The zero-order valence-corrected chi connectivity index (χ0v) is 16.6. The Balaban J connectivity index is 1.56. The second-order valence-electron chi connectivity index (χ2n) is 8.35. The van der Waals surface area contributed by atoms with Crippen molar-refractivity contribution < 1.29 is 24.1 Å². The van der Waals surface area contributed by atoms with Crippen molar-refractivity contribution in [2.45, 2.75) is 25.0 Å². The Morgan fingerprint density at radius 1 is 1.20 bits per heavy atom. The maximum Gasteiger partial charge on any atom is 0.283 e. The van der Waals surface area contributed by atoms with Crippen molar-refractivity contribution in [3.05, 3.63) is 47.8 Å². The third kappa shape index (κ3) is 2.41. The van der Waals surface area contributed by atoms with Crippen molar-refractivity contribution in [3.8, 4) is 11.5 Å². The number of carbonyl (C=O) groups excluding carboxylic acids is 1. The molecule has 1 unspecified atom stereocenters. The first-order valence-corrected chi connectivity index (χ1v) is 9.62. The molecule has 30 heavy (non-hydrogen) atoms. The summed E-state index contributed by atoms with van der Waals surface area (Å²) in [6.45, 7) is 5.26. The molecule has 1 aromatic carbocycles. The van der Waals surface area contributed by atoms with Crippen molar-refractivity contribution in [3.63, 3.8) is 0 Å². The van der Waals surface area contributed by atoms with E-state index in [9.17, 15) is 9.90 Å². The summed E-state index contributed by atoms with van der Waals surface area (Å²) < 4.78 is 17.6. The molecule has 0 bridgehead atoms. The summed E-state index contributed by atoms with van der Waals surface area (Å²) in [5, 5.41) is 12.2. The van der Waals surface area contributed by atoms with Crippen LogP contribution < -0.4 is 15.8 Å². The van der Waals surface area contributed by atoms with E-state index in [1.807, 2.05) is 26.0 Å². The van der Waals surface area contributed by atoms with Crippen LogP contribution in [0.25, 0.3) is 0 Å². The Bertz CT molecular complexity index is 1060. The highest BCUT2D eigenvalue weighted by Gasteiger charge is 2.71. The standard InChI is InChI=1S/C21H22N4O5/c1-19(2)20(9-28-10-20)21(11-29-18(22)25-21)14-7-12(3-6-16(14)30-19)24-17(27)15-5-4-13(26)8-23-15/h3-8,26H,9-11H2,1-2H3,(H2,22,25)(H,24,27). The van der Waals surface area contributed by atoms with Gasteiger partial charge in [0.1, 0.15) is 34.9 Å². The van der Waals surface area contributed by atoms with Gasteiger partial charge >= 0.3 is 0 Å². The number of amides is 1. The summed E-state index contributed by atoms with van der Waals surface area (Å²) in [7, 11) is 0. The quantitative estimate of drug-likeness (QED) is 0.688. The normalized spacial score (nSPS) is 24.9. The monoisotopic (exact) mass is 410 g/mol. The molecule has 1 amide bonds. The Morgan fingerprint density at radius 2 is 2.00 bits per heavy atom. The number of anilines is 1. The van der Waals surface area contributed by atoms with E-state index in [0.29, 0.717) is 24.7 Å². The molecular weight excluding hydrogens is 388 g/mol. The molecule has 0 saturated carbocycles. The van der Waals surface area contributed by atoms with Gasteiger partial charge in [0.15, 0.2) is 0 Å². The van der Waals surface area contributed by atoms with Gasteiger partial charge in [-0.25, -0.2) is 9.98 Å². The fourth-order valence-corrected chi connectivity index (χ4v) is 4.57. The first-order valence-electron chi connectivity index (χ1n) is 9.62. The molecule has 1 fully saturated rings. The van der Waals surface area contributed by atoms with Crippen molar-refractivity contribution >= 4 is 17.6 Å². The fraction of sp³-hybridized carbons (Fsp3) is 0.381. The lowest BCUT2D eigenvalue weighted by Gasteiger charge is -2.61. The largest absolute Gasteiger partial charge is 0.506 e. The van der Waals surface area contributed by atoms with Gasteiger partial charge in [0.05, 0.1) is 24.8 Å². The highest BCUT2D eigenvalue weighted by molar-refractivity contribution is 6.03. The fourth-order valence-electron chi connectivity index (χ4n) is 4.57. The maximum atomic E-state index is 12.6. The third-order valence-corrected chi connectivity index (χ3v) is 6.40. The van der Waals surface area contributed by atoms with Crippen molar-refractivity contribution in [2.75, 3.05) is 25.1 Å². The van der Waals surface area contributed by atoms with E-state index >= 15 is 0 Å². The number of aromatic hydroxyl groups is 1. The molecule has 156 valence electrons. The zero-order valence-electron chi connectivity index (χ0n) is 16.6. The van der Waals surface area contributed by atoms with E-state index < -0.39 is 22.5 Å². The number of nitrogens with zero attached hydrogens (tertiary/aromatic N) is 2. The van der Waals surface area contributed by atoms with Gasteiger partial charge in [-0.05, 0) is 44.2 Å². The minimum Gasteiger partial charge on any atom is -0.506 e. The maximum absolute atomic E-state index is 12.6. The predicted octanol–water partition coefficient (Wildman–Crippen LogP) is 1.77. The van der Waals surface area contributed by atoms with E-state index in [0.717, 1.165) is 5.56 Å². The number of aromatic nitrogens is 1. The number of aliphatic imine (C=N–C) groups is 1. The first-order chi connectivity index (χ1) is 14.3. The molecule has 4 heterocycles. The Hall–Kier alpha value is -3.33. The van der Waals surface area contributed by atoms with E-state index in [1.165, 1.54) is 18.3 Å². The van der Waals surface area contributed by atoms with Crippen LogP contribution in [-0.2, 0) is 15.0 Å². The number of nitrogens with one attached hydrogen (secondary N) is 1. The summed E-state index contributed by atoms with van der Waals surface area (Å²) in [6, 6.07) is 8.41. The lowest BCUT2D eigenvalue weighted by molar-refractivity contribution is -0.247. The third-order valence-electron chi connectivity index (χ3n) is 6.40. The van der Waals surface area contributed by atoms with E-state index in [1.54, 1.807) is 6.07 Å². The van der Waals surface area contributed by atoms with Gasteiger partial charge in [-0.1, -0.05) is 0 Å². The van der Waals surface area contributed by atoms with Crippen LogP contribution in [0.4, 0.5) is 5.69 Å². The highest BCUT2D eigenvalue weighted by Crippen LogP contribution is 2.62. The van der Waals surface area contributed by atoms with Crippen molar-refractivity contribution in [1.82, 2.24) is 4.98 Å². The zero-order chi connectivity index (χ0) is 21.1. The van der Waals surface area contributed by atoms with Gasteiger partial charge in [0, 0.05) is 11.3 Å². The molecule has 9 heteroatoms. The molecule has 3 aliphatic heterocycles. The number of rotatable bonds is 2. The molecule has 2 spiro atoms. The molecule has 5 rings (SSSR count). The lowest BCUT2D eigenvalue weighted by atomic mass is 9.55. The molecule has 2 aromatic rings. The van der Waals surface area contributed by atoms with E-state index in [-0.39, 0.29) is 24.1 Å². The van der Waals surface area contributed by atoms with Gasteiger partial charge in [-0.3, -0.25) is 4.79 Å². The molecule has 0 aliphatic carbocycles. The summed E-state index contributed by atoms with van der Waals surface area (Å²) in [5.41, 5.74) is 5.70. The molecule has 1 saturated heterocycles. The summed E-state index contributed by atoms with van der Waals surface area (Å²) in [4.78, 5) is 21.3. The van der Waals surface area contributed by atoms with Gasteiger partial charge in [0.25, 0.3) is 11.9 Å². The average Bonchev–Trinajstić information content (AvgIpc) is 3.03. The number of pyridine rings is 1. The molecule has 9 nitrogen and oxygen atoms in total. The Kier molecular flexibility index (Phi) is 3.79. The van der Waals surface area contributed by atoms with E-state index in [4.69, 9.17) is 24.9 Å². The van der Waals surface area contributed by atoms with Crippen LogP contribution in [0.3, 0.4) is 0 Å². The van der Waals surface area contributed by atoms with E-state index in [2.05, 4.69) is 10.3 Å². The Labute approximate surface area is 172 Å². The number of hydrogen-bond donors (Lipinski definition) is 3. The minimum absolute atomic E-state index is 0.00765. The number of amidine groups is 1. The predicted molar refractivity (Wildman–Crippen MR) is 108 cm³/mol. The topological polar surface area (TPSA) is 128 Å². The second-order valence-corrected chi connectivity index (χ2v) is 8.35. The summed E-state index contributed by atoms with van der Waals surface area (Å²) in [6.07, 6.45) is 1.22. The lowest BCUT2D eigenvalue weighted by Crippen LogP contribution is -2.71. The van der Waals surface area contributed by atoms with Gasteiger partial charge in [-0.2, -0.15) is 0 Å². The highest BCUT2D eigenvalue weighted by atomic mass is 16.5. The molecule has 0 radical (unpaired) electrons. The molecule has 3 aliphatic rings. The molecule has 1 aromatic heterocycles. The number of nitrogens with two attached hydrogens (primary N) is 1. The molecular formula is C21H22N4O5. The number of benzene rings is 1. The van der Waals surface area contributed by atoms with Crippen LogP contribution in [-0.4, -0.2) is 47.4 Å². The SMILES string of the molecule is CC1(C)Oc2ccc(NC(=O)c3ccc(O)cn3)cc2C2(COC(N)=N2)C12COC2. The van der Waals surface area contributed by atoms with Gasteiger partial charge < -0.3 is 30.4 Å². The number of carbonyl (C=O) groups is 1. The smallest absolute Gasteiger partial charge is 0.283 e. The summed E-state index contributed by atoms with van der Waals surface area (Å²) in [5.74, 6) is 0.264. The van der Waals surface area contributed by atoms with Gasteiger partial charge in [0.2, 0.25) is 0 Å². The van der Waals surface area contributed by atoms with Crippen LogP contribution in [0, 0.1) is 5.41 Å². The van der Waals surface area contributed by atoms with Gasteiger partial charge in [-0.15, -0.1) is 0 Å².